The molecule has 7 nitrogen and oxygen atoms in total. The van der Waals surface area contributed by atoms with Crippen LogP contribution in [0.15, 0.2) is 59.5 Å². The molecule has 0 saturated heterocycles. The molecule has 0 fully saturated rings. The molecule has 2 aromatic carbocycles. The van der Waals surface area contributed by atoms with Crippen molar-refractivity contribution in [2.45, 2.75) is 37.8 Å². The number of hydrogen-bond donors (Lipinski definition) is 2. The fourth-order valence-corrected chi connectivity index (χ4v) is 3.28. The van der Waals surface area contributed by atoms with Crippen molar-refractivity contribution in [2.24, 2.45) is 0 Å². The first-order valence-corrected chi connectivity index (χ1v) is 9.86. The first-order valence-electron chi connectivity index (χ1n) is 8.38. The summed E-state index contributed by atoms with van der Waals surface area (Å²) < 4.78 is 32.3. The Morgan fingerprint density at radius 2 is 1.63 bits per heavy atom. The average Bonchev–Trinajstić information content (AvgIpc) is 2.61. The summed E-state index contributed by atoms with van der Waals surface area (Å²) in [5.41, 5.74) is 0.347. The molecule has 0 saturated carbocycles. The van der Waals surface area contributed by atoms with Crippen molar-refractivity contribution in [2.75, 3.05) is 4.72 Å². The highest BCUT2D eigenvalue weighted by Gasteiger charge is 2.20. The average molecular weight is 390 g/mol. The van der Waals surface area contributed by atoms with Crippen LogP contribution in [0.3, 0.4) is 0 Å². The number of rotatable bonds is 7. The van der Waals surface area contributed by atoms with E-state index in [0.717, 1.165) is 0 Å². The van der Waals surface area contributed by atoms with Crippen LogP contribution in [0.5, 0.6) is 0 Å². The maximum Gasteiger partial charge on any atom is 0.338 e. The summed E-state index contributed by atoms with van der Waals surface area (Å²) in [6.07, 6.45) is -0.968. The van der Waals surface area contributed by atoms with Crippen molar-refractivity contribution in [1.82, 2.24) is 5.32 Å². The molecule has 0 aliphatic rings. The van der Waals surface area contributed by atoms with E-state index in [0.29, 0.717) is 0 Å². The Bertz CT molecular complexity index is 911. The van der Waals surface area contributed by atoms with E-state index in [1.807, 2.05) is 0 Å². The summed E-state index contributed by atoms with van der Waals surface area (Å²) in [5.74, 6) is -1.12. The molecule has 1 amide bonds. The van der Waals surface area contributed by atoms with Crippen LogP contribution in [-0.4, -0.2) is 32.4 Å². The molecule has 2 rings (SSSR count). The van der Waals surface area contributed by atoms with Gasteiger partial charge >= 0.3 is 5.97 Å². The summed E-state index contributed by atoms with van der Waals surface area (Å²) in [6.45, 7) is 5.07. The standard InChI is InChI=1S/C19H22N2O5S/c1-13(2)20-18(22)14(3)26-19(23)15-8-7-9-16(12-15)21-27(24,25)17-10-5-4-6-11-17/h4-14,21H,1-3H3,(H,20,22)/t14-/m1/s1. The van der Waals surface area contributed by atoms with Crippen molar-refractivity contribution in [1.29, 1.82) is 0 Å². The monoisotopic (exact) mass is 390 g/mol. The van der Waals surface area contributed by atoms with E-state index in [-0.39, 0.29) is 22.2 Å². The number of ether oxygens (including phenoxy) is 1. The fraction of sp³-hybridized carbons (Fsp3) is 0.263. The number of nitrogens with one attached hydrogen (secondary N) is 2. The second-order valence-corrected chi connectivity index (χ2v) is 7.89. The molecular formula is C19H22N2O5S. The molecular weight excluding hydrogens is 368 g/mol. The van der Waals surface area contributed by atoms with E-state index in [9.17, 15) is 18.0 Å². The Kier molecular flexibility index (Phi) is 6.57. The van der Waals surface area contributed by atoms with Gasteiger partial charge in [-0.2, -0.15) is 0 Å². The van der Waals surface area contributed by atoms with E-state index >= 15 is 0 Å². The van der Waals surface area contributed by atoms with Gasteiger partial charge in [0.05, 0.1) is 10.5 Å². The Labute approximate surface area is 158 Å². The molecule has 0 aliphatic heterocycles. The zero-order valence-electron chi connectivity index (χ0n) is 15.3. The lowest BCUT2D eigenvalue weighted by Gasteiger charge is -2.15. The maximum absolute atomic E-state index is 12.4. The summed E-state index contributed by atoms with van der Waals surface area (Å²) in [4.78, 5) is 24.2. The highest BCUT2D eigenvalue weighted by atomic mass is 32.2. The predicted octanol–water partition coefficient (Wildman–Crippen LogP) is 2.56. The highest BCUT2D eigenvalue weighted by molar-refractivity contribution is 7.92. The predicted molar refractivity (Wildman–Crippen MR) is 102 cm³/mol. The third-order valence-electron chi connectivity index (χ3n) is 3.49. The Morgan fingerprint density at radius 1 is 0.963 bits per heavy atom. The maximum atomic E-state index is 12.4. The highest BCUT2D eigenvalue weighted by Crippen LogP contribution is 2.18. The largest absolute Gasteiger partial charge is 0.449 e. The van der Waals surface area contributed by atoms with Gasteiger partial charge in [0.25, 0.3) is 15.9 Å². The summed E-state index contributed by atoms with van der Waals surface area (Å²) in [5, 5.41) is 2.65. The van der Waals surface area contributed by atoms with Crippen LogP contribution in [0, 0.1) is 0 Å². The molecule has 27 heavy (non-hydrogen) atoms. The minimum absolute atomic E-state index is 0.0747. The number of carbonyl (C=O) groups is 2. The normalized spacial score (nSPS) is 12.3. The topological polar surface area (TPSA) is 102 Å². The molecule has 0 spiro atoms. The molecule has 2 aromatic rings. The van der Waals surface area contributed by atoms with Crippen molar-refractivity contribution in [3.8, 4) is 0 Å². The van der Waals surface area contributed by atoms with E-state index in [1.165, 1.54) is 43.3 Å². The second-order valence-electron chi connectivity index (χ2n) is 6.21. The molecule has 2 N–H and O–H groups in total. The van der Waals surface area contributed by atoms with Crippen molar-refractivity contribution in [3.05, 3.63) is 60.2 Å². The Hall–Kier alpha value is -2.87. The van der Waals surface area contributed by atoms with Crippen LogP contribution in [0.1, 0.15) is 31.1 Å². The summed E-state index contributed by atoms with van der Waals surface area (Å²) >= 11 is 0. The smallest absolute Gasteiger partial charge is 0.338 e. The molecule has 0 bridgehead atoms. The number of anilines is 1. The first kappa shape index (κ1) is 20.4. The van der Waals surface area contributed by atoms with Crippen LogP contribution in [0.25, 0.3) is 0 Å². The first-order chi connectivity index (χ1) is 12.7. The molecule has 144 valence electrons. The van der Waals surface area contributed by atoms with Gasteiger partial charge in [0.15, 0.2) is 6.10 Å². The zero-order chi connectivity index (χ0) is 20.0. The van der Waals surface area contributed by atoms with Crippen molar-refractivity contribution in [3.63, 3.8) is 0 Å². The third-order valence-corrected chi connectivity index (χ3v) is 4.89. The number of sulfonamides is 1. The van der Waals surface area contributed by atoms with Crippen LogP contribution >= 0.6 is 0 Å². The zero-order valence-corrected chi connectivity index (χ0v) is 16.1. The lowest BCUT2D eigenvalue weighted by atomic mass is 10.2. The van der Waals surface area contributed by atoms with Crippen LogP contribution in [0.2, 0.25) is 0 Å². The van der Waals surface area contributed by atoms with E-state index in [1.54, 1.807) is 32.0 Å². The van der Waals surface area contributed by atoms with Gasteiger partial charge in [0, 0.05) is 11.7 Å². The van der Waals surface area contributed by atoms with Gasteiger partial charge in [-0.05, 0) is 51.1 Å². The molecule has 1 atom stereocenters. The number of amides is 1. The molecule has 0 radical (unpaired) electrons. The summed E-state index contributed by atoms with van der Waals surface area (Å²) in [7, 11) is -3.77. The third kappa shape index (κ3) is 5.82. The molecule has 0 aromatic heterocycles. The quantitative estimate of drug-likeness (QED) is 0.708. The van der Waals surface area contributed by atoms with Gasteiger partial charge in [0.2, 0.25) is 0 Å². The number of esters is 1. The van der Waals surface area contributed by atoms with E-state index in [2.05, 4.69) is 10.0 Å². The lowest BCUT2D eigenvalue weighted by Crippen LogP contribution is -2.39. The Morgan fingerprint density at radius 3 is 2.26 bits per heavy atom. The minimum Gasteiger partial charge on any atom is -0.449 e. The number of benzene rings is 2. The van der Waals surface area contributed by atoms with Gasteiger partial charge in [-0.1, -0.05) is 24.3 Å². The minimum atomic E-state index is -3.77. The van der Waals surface area contributed by atoms with E-state index in [4.69, 9.17) is 4.74 Å². The van der Waals surface area contributed by atoms with E-state index < -0.39 is 28.0 Å². The number of carbonyl (C=O) groups excluding carboxylic acids is 2. The molecule has 0 aliphatic carbocycles. The van der Waals surface area contributed by atoms with Gasteiger partial charge < -0.3 is 10.1 Å². The van der Waals surface area contributed by atoms with Crippen molar-refractivity contribution < 1.29 is 22.7 Å². The van der Waals surface area contributed by atoms with Crippen LogP contribution < -0.4 is 10.0 Å². The van der Waals surface area contributed by atoms with Gasteiger partial charge in [-0.3, -0.25) is 9.52 Å². The van der Waals surface area contributed by atoms with Crippen LogP contribution in [-0.2, 0) is 19.6 Å². The molecule has 0 unspecified atom stereocenters. The lowest BCUT2D eigenvalue weighted by molar-refractivity contribution is -0.129. The van der Waals surface area contributed by atoms with Gasteiger partial charge in [-0.15, -0.1) is 0 Å². The fourth-order valence-electron chi connectivity index (χ4n) is 2.21. The van der Waals surface area contributed by atoms with Gasteiger partial charge in [0.1, 0.15) is 0 Å². The van der Waals surface area contributed by atoms with Gasteiger partial charge in [-0.25, -0.2) is 13.2 Å². The Balaban J connectivity index is 2.11. The second kappa shape index (κ2) is 8.68. The molecule has 8 heteroatoms. The SMILES string of the molecule is CC(C)NC(=O)[C@@H](C)OC(=O)c1cccc(NS(=O)(=O)c2ccccc2)c1. The van der Waals surface area contributed by atoms with Crippen molar-refractivity contribution >= 4 is 27.6 Å². The number of hydrogen-bond acceptors (Lipinski definition) is 5. The van der Waals surface area contributed by atoms with Crippen LogP contribution in [0.4, 0.5) is 5.69 Å². The summed E-state index contributed by atoms with van der Waals surface area (Å²) in [6, 6.07) is 13.7. The molecule has 0 heterocycles.